The third-order valence-corrected chi connectivity index (χ3v) is 6.81. The van der Waals surface area contributed by atoms with Gasteiger partial charge in [0.25, 0.3) is 0 Å². The minimum Gasteiger partial charge on any atom is -0.393 e. The summed E-state index contributed by atoms with van der Waals surface area (Å²) in [6.07, 6.45) is 15.6. The normalized spacial score (nSPS) is 21.4. The van der Waals surface area contributed by atoms with Gasteiger partial charge in [0.15, 0.2) is 0 Å². The van der Waals surface area contributed by atoms with E-state index >= 15 is 0 Å². The summed E-state index contributed by atoms with van der Waals surface area (Å²) in [5.41, 5.74) is 4.83. The van der Waals surface area contributed by atoms with Crippen molar-refractivity contribution in [2.24, 2.45) is 0 Å². The van der Waals surface area contributed by atoms with Gasteiger partial charge in [-0.2, -0.15) is 4.98 Å². The zero-order valence-corrected chi connectivity index (χ0v) is 21.0. The molecule has 1 aliphatic heterocycles. The Hall–Kier alpha value is -3.03. The maximum Gasteiger partial charge on any atom is 0.229 e. The van der Waals surface area contributed by atoms with Crippen LogP contribution in [0, 0.1) is 0 Å². The van der Waals surface area contributed by atoms with E-state index in [1.54, 1.807) is 0 Å². The van der Waals surface area contributed by atoms with Gasteiger partial charge in [-0.05, 0) is 83.2 Å². The molecule has 0 amide bonds. The lowest BCUT2D eigenvalue weighted by Crippen LogP contribution is -2.29. The van der Waals surface area contributed by atoms with Gasteiger partial charge in [0.2, 0.25) is 5.95 Å². The lowest BCUT2D eigenvalue weighted by molar-refractivity contribution is 0.126. The molecule has 3 heterocycles. The predicted octanol–water partition coefficient (Wildman–Crippen LogP) is 5.30. The highest BCUT2D eigenvalue weighted by Crippen LogP contribution is 2.29. The summed E-state index contributed by atoms with van der Waals surface area (Å²) in [4.78, 5) is 16.6. The molecule has 2 fully saturated rings. The Kier molecular flexibility index (Phi) is 8.66. The van der Waals surface area contributed by atoms with Gasteiger partial charge in [0, 0.05) is 30.7 Å². The van der Waals surface area contributed by atoms with E-state index in [9.17, 15) is 5.11 Å². The smallest absolute Gasteiger partial charge is 0.229 e. The minimum atomic E-state index is -0.198. The Labute approximate surface area is 209 Å². The van der Waals surface area contributed by atoms with Crippen LogP contribution in [-0.2, 0) is 6.54 Å². The second-order valence-corrected chi connectivity index (χ2v) is 9.66. The van der Waals surface area contributed by atoms with Crippen LogP contribution < -0.4 is 10.6 Å². The Morgan fingerprint density at radius 2 is 1.89 bits per heavy atom. The molecule has 0 unspecified atom stereocenters. The van der Waals surface area contributed by atoms with Crippen molar-refractivity contribution >= 4 is 11.8 Å². The number of aliphatic hydroxyl groups excluding tert-OH is 1. The van der Waals surface area contributed by atoms with Gasteiger partial charge in [-0.15, -0.1) is 0 Å². The number of allylic oxidation sites excluding steroid dienone is 4. The fraction of sp³-hybridized carbons (Fsp3) is 0.464. The number of hydrogen-bond acceptors (Lipinski definition) is 7. The number of aromatic nitrogens is 3. The quantitative estimate of drug-likeness (QED) is 0.425. The van der Waals surface area contributed by atoms with E-state index in [1.165, 1.54) is 31.5 Å². The highest BCUT2D eigenvalue weighted by molar-refractivity contribution is 5.73. The molecule has 3 N–H and O–H groups in total. The topological polar surface area (TPSA) is 86.2 Å². The summed E-state index contributed by atoms with van der Waals surface area (Å²) in [5.74, 6) is 1.25. The van der Waals surface area contributed by atoms with Gasteiger partial charge in [-0.25, -0.2) is 4.98 Å². The van der Waals surface area contributed by atoms with E-state index in [1.807, 2.05) is 44.5 Å². The first-order chi connectivity index (χ1) is 17.0. The van der Waals surface area contributed by atoms with Crippen LogP contribution in [0.4, 0.5) is 11.8 Å². The van der Waals surface area contributed by atoms with Crippen LogP contribution in [0.5, 0.6) is 0 Å². The molecule has 0 radical (unpaired) electrons. The zero-order valence-electron chi connectivity index (χ0n) is 21.0. The number of aliphatic hydroxyl groups is 1. The van der Waals surface area contributed by atoms with Gasteiger partial charge in [0.1, 0.15) is 5.82 Å². The Balaban J connectivity index is 1.53. The van der Waals surface area contributed by atoms with E-state index in [0.29, 0.717) is 5.95 Å². The van der Waals surface area contributed by atoms with Crippen molar-refractivity contribution in [3.05, 3.63) is 66.2 Å². The zero-order chi connectivity index (χ0) is 24.6. The van der Waals surface area contributed by atoms with Crippen LogP contribution in [0.15, 0.2) is 60.6 Å². The number of pyridine rings is 1. The summed E-state index contributed by atoms with van der Waals surface area (Å²) in [5, 5.41) is 16.7. The standard InChI is InChI=1S/C28H38N6O/c1-4-20(2)7-8-21(3)31-28-30-18-25(27(33-28)32-23-10-12-24(35)13-11-23)26-14-9-22(17-29-26)19-34-15-5-6-16-34/h4,7-9,14,17-18,23-24,35H,3,5-6,10-13,15-16,19H2,1-2H3,(H2,30,31,32,33)/b8-7-,20-4-. The highest BCUT2D eigenvalue weighted by Gasteiger charge is 2.22. The number of hydrogen-bond donors (Lipinski definition) is 3. The summed E-state index contributed by atoms with van der Waals surface area (Å²) in [7, 11) is 0. The number of rotatable bonds is 9. The van der Waals surface area contributed by atoms with Gasteiger partial charge in [-0.1, -0.05) is 30.4 Å². The fourth-order valence-electron chi connectivity index (χ4n) is 4.54. The maximum atomic E-state index is 9.91. The molecule has 2 aromatic rings. The van der Waals surface area contributed by atoms with E-state index < -0.39 is 0 Å². The molecule has 7 nitrogen and oxygen atoms in total. The van der Waals surface area contributed by atoms with E-state index in [0.717, 1.165) is 60.6 Å². The van der Waals surface area contributed by atoms with E-state index in [-0.39, 0.29) is 12.1 Å². The van der Waals surface area contributed by atoms with Crippen molar-refractivity contribution in [1.29, 1.82) is 0 Å². The Bertz CT molecular complexity index is 1050. The van der Waals surface area contributed by atoms with Gasteiger partial charge >= 0.3 is 0 Å². The van der Waals surface area contributed by atoms with Crippen LogP contribution in [0.2, 0.25) is 0 Å². The number of anilines is 2. The molecule has 35 heavy (non-hydrogen) atoms. The van der Waals surface area contributed by atoms with Gasteiger partial charge in [0.05, 0.1) is 17.4 Å². The summed E-state index contributed by atoms with van der Waals surface area (Å²) in [6.45, 7) is 11.4. The van der Waals surface area contributed by atoms with Crippen LogP contribution in [0.1, 0.15) is 57.9 Å². The molecule has 0 bridgehead atoms. The third-order valence-electron chi connectivity index (χ3n) is 6.81. The van der Waals surface area contributed by atoms with Crippen LogP contribution in [0.25, 0.3) is 11.3 Å². The molecule has 186 valence electrons. The number of nitrogens with zero attached hydrogens (tertiary/aromatic N) is 4. The van der Waals surface area contributed by atoms with E-state index in [4.69, 9.17) is 9.97 Å². The fourth-order valence-corrected chi connectivity index (χ4v) is 4.54. The average Bonchev–Trinajstić information content (AvgIpc) is 3.38. The highest BCUT2D eigenvalue weighted by atomic mass is 16.3. The molecule has 1 saturated heterocycles. The third kappa shape index (κ3) is 7.23. The molecule has 2 aromatic heterocycles. The molecule has 0 aromatic carbocycles. The Morgan fingerprint density at radius 3 is 2.57 bits per heavy atom. The van der Waals surface area contributed by atoms with Crippen LogP contribution in [-0.4, -0.2) is 50.2 Å². The lowest BCUT2D eigenvalue weighted by Gasteiger charge is -2.27. The van der Waals surface area contributed by atoms with Gasteiger partial charge < -0.3 is 15.7 Å². The largest absolute Gasteiger partial charge is 0.393 e. The molecule has 2 aliphatic rings. The van der Waals surface area contributed by atoms with Crippen LogP contribution >= 0.6 is 0 Å². The first-order valence-corrected chi connectivity index (χ1v) is 12.8. The molecule has 1 saturated carbocycles. The molecular formula is C28H38N6O. The van der Waals surface area contributed by atoms with Crippen molar-refractivity contribution in [1.82, 2.24) is 19.9 Å². The van der Waals surface area contributed by atoms with Crippen molar-refractivity contribution < 1.29 is 5.11 Å². The van der Waals surface area contributed by atoms with Crippen molar-refractivity contribution in [2.45, 2.75) is 71.1 Å². The number of nitrogens with one attached hydrogen (secondary N) is 2. The SMILES string of the molecule is C=C(/C=C\C(C)=C/C)Nc1ncc(-c2ccc(CN3CCCC3)cn2)c(NC2CCC(O)CC2)n1. The predicted molar refractivity (Wildman–Crippen MR) is 143 cm³/mol. The van der Waals surface area contributed by atoms with Gasteiger partial charge in [-0.3, -0.25) is 9.88 Å². The average molecular weight is 475 g/mol. The van der Waals surface area contributed by atoms with Crippen LogP contribution in [0.3, 0.4) is 0 Å². The lowest BCUT2D eigenvalue weighted by atomic mass is 9.93. The molecule has 4 rings (SSSR count). The second-order valence-electron chi connectivity index (χ2n) is 9.66. The molecule has 0 spiro atoms. The van der Waals surface area contributed by atoms with Crippen molar-refractivity contribution in [3.8, 4) is 11.3 Å². The minimum absolute atomic E-state index is 0.198. The molecular weight excluding hydrogens is 436 g/mol. The Morgan fingerprint density at radius 1 is 1.11 bits per heavy atom. The maximum absolute atomic E-state index is 9.91. The van der Waals surface area contributed by atoms with Crippen molar-refractivity contribution in [3.63, 3.8) is 0 Å². The summed E-state index contributed by atoms with van der Waals surface area (Å²) >= 11 is 0. The summed E-state index contributed by atoms with van der Waals surface area (Å²) in [6, 6.07) is 4.48. The number of likely N-dealkylation sites (tertiary alicyclic amines) is 1. The first-order valence-electron chi connectivity index (χ1n) is 12.8. The monoisotopic (exact) mass is 474 g/mol. The molecule has 0 atom stereocenters. The second kappa shape index (κ2) is 12.1. The van der Waals surface area contributed by atoms with E-state index in [2.05, 4.69) is 39.2 Å². The first kappa shape index (κ1) is 25.1. The molecule has 1 aliphatic carbocycles. The molecule has 7 heteroatoms. The summed E-state index contributed by atoms with van der Waals surface area (Å²) < 4.78 is 0. The van der Waals surface area contributed by atoms with Crippen molar-refractivity contribution in [2.75, 3.05) is 23.7 Å².